The molecule has 0 radical (unpaired) electrons. The number of nitrogens with zero attached hydrogens (tertiary/aromatic N) is 2. The molecule has 2 aromatic rings. The van der Waals surface area contributed by atoms with Crippen molar-refractivity contribution in [2.75, 3.05) is 18.4 Å². The Labute approximate surface area is 166 Å². The molecule has 0 bridgehead atoms. The van der Waals surface area contributed by atoms with Gasteiger partial charge in [-0.25, -0.2) is 4.98 Å². The molecule has 0 spiro atoms. The average Bonchev–Trinajstić information content (AvgIpc) is 3.07. The number of amides is 1. The number of aromatic nitrogens is 2. The van der Waals surface area contributed by atoms with Crippen molar-refractivity contribution in [1.82, 2.24) is 14.9 Å². The number of fused-ring (bicyclic) bond motifs is 1. The van der Waals surface area contributed by atoms with Gasteiger partial charge < -0.3 is 15.2 Å². The van der Waals surface area contributed by atoms with Crippen LogP contribution in [-0.4, -0.2) is 28.5 Å². The lowest BCUT2D eigenvalue weighted by atomic mass is 9.97. The summed E-state index contributed by atoms with van der Waals surface area (Å²) in [5.41, 5.74) is 3.32. The summed E-state index contributed by atoms with van der Waals surface area (Å²) in [5, 5.41) is 6.34. The number of anilines is 1. The average molecular weight is 397 g/mol. The van der Waals surface area contributed by atoms with Crippen LogP contribution in [0.5, 0.6) is 0 Å². The van der Waals surface area contributed by atoms with Gasteiger partial charge in [0.05, 0.1) is 0 Å². The normalized spacial score (nSPS) is 16.8. The smallest absolute Gasteiger partial charge is 0.227 e. The number of carbonyl (C=O) groups excluding carboxylic acids is 1. The summed E-state index contributed by atoms with van der Waals surface area (Å²) in [6.45, 7) is 2.92. The maximum absolute atomic E-state index is 12.3. The molecule has 2 aliphatic heterocycles. The second kappa shape index (κ2) is 9.40. The Bertz CT molecular complexity index is 724. The highest BCUT2D eigenvalue weighted by molar-refractivity contribution is 5.92. The van der Waals surface area contributed by atoms with E-state index in [4.69, 9.17) is 0 Å². The summed E-state index contributed by atoms with van der Waals surface area (Å²) in [6, 6.07) is 8.09. The molecule has 1 fully saturated rings. The van der Waals surface area contributed by atoms with Crippen molar-refractivity contribution < 1.29 is 4.79 Å². The molecule has 2 aliphatic rings. The van der Waals surface area contributed by atoms with E-state index in [1.54, 1.807) is 0 Å². The topological polar surface area (TPSA) is 59.0 Å². The number of aryl methyl sites for hydroxylation is 1. The van der Waals surface area contributed by atoms with Gasteiger partial charge in [0.2, 0.25) is 5.91 Å². The molecule has 26 heavy (non-hydrogen) atoms. The lowest BCUT2D eigenvalue weighted by Crippen LogP contribution is -2.34. The lowest BCUT2D eigenvalue weighted by molar-refractivity contribution is -0.120. The van der Waals surface area contributed by atoms with Crippen LogP contribution in [-0.2, 0) is 17.8 Å². The van der Waals surface area contributed by atoms with E-state index in [0.29, 0.717) is 0 Å². The monoisotopic (exact) mass is 396 g/mol. The van der Waals surface area contributed by atoms with Gasteiger partial charge in [-0.2, -0.15) is 0 Å². The molecule has 1 aromatic carbocycles. The molecule has 2 N–H and O–H groups in total. The Kier molecular flexibility index (Phi) is 7.50. The van der Waals surface area contributed by atoms with Crippen molar-refractivity contribution in [3.63, 3.8) is 0 Å². The lowest BCUT2D eigenvalue weighted by Gasteiger charge is -2.21. The van der Waals surface area contributed by atoms with Crippen LogP contribution in [0.4, 0.5) is 5.69 Å². The third kappa shape index (κ3) is 4.40. The molecule has 0 saturated carbocycles. The first-order valence-electron chi connectivity index (χ1n) is 8.98. The predicted octanol–water partition coefficient (Wildman–Crippen LogP) is 3.67. The molecule has 1 saturated heterocycles. The molecule has 0 atom stereocenters. The Morgan fingerprint density at radius 2 is 1.85 bits per heavy atom. The molecular weight excluding hydrogens is 371 g/mol. The Hall–Kier alpha value is -1.56. The Morgan fingerprint density at radius 1 is 1.12 bits per heavy atom. The van der Waals surface area contributed by atoms with E-state index in [-0.39, 0.29) is 36.6 Å². The molecule has 0 aliphatic carbocycles. The van der Waals surface area contributed by atoms with E-state index in [1.165, 1.54) is 18.5 Å². The van der Waals surface area contributed by atoms with Gasteiger partial charge in [0.1, 0.15) is 5.82 Å². The highest BCUT2D eigenvalue weighted by Crippen LogP contribution is 2.26. The number of piperidine rings is 1. The van der Waals surface area contributed by atoms with Crippen LogP contribution in [0.25, 0.3) is 11.4 Å². The zero-order chi connectivity index (χ0) is 16.4. The van der Waals surface area contributed by atoms with E-state index >= 15 is 0 Å². The van der Waals surface area contributed by atoms with Gasteiger partial charge in [-0.3, -0.25) is 4.79 Å². The van der Waals surface area contributed by atoms with Gasteiger partial charge in [0.15, 0.2) is 0 Å². The van der Waals surface area contributed by atoms with E-state index in [1.807, 2.05) is 18.3 Å². The number of halogens is 2. The van der Waals surface area contributed by atoms with Gasteiger partial charge >= 0.3 is 0 Å². The Balaban J connectivity index is 0.00000121. The van der Waals surface area contributed by atoms with Crippen LogP contribution in [0, 0.1) is 5.92 Å². The number of hydrogen-bond acceptors (Lipinski definition) is 3. The molecule has 142 valence electrons. The van der Waals surface area contributed by atoms with Gasteiger partial charge in [0, 0.05) is 35.6 Å². The maximum atomic E-state index is 12.3. The summed E-state index contributed by atoms with van der Waals surface area (Å²) >= 11 is 0. The number of rotatable bonds is 3. The van der Waals surface area contributed by atoms with Crippen LogP contribution >= 0.6 is 24.8 Å². The van der Waals surface area contributed by atoms with Crippen molar-refractivity contribution in [2.45, 2.75) is 38.6 Å². The van der Waals surface area contributed by atoms with Gasteiger partial charge in [-0.05, 0) is 69.5 Å². The molecule has 0 unspecified atom stereocenters. The van der Waals surface area contributed by atoms with E-state index in [2.05, 4.69) is 32.3 Å². The standard InChI is InChI=1S/C19H24N4O.2ClH/c24-19(15-8-10-20-11-9-15)22-16-6-4-14(5-7-16)18-21-13-17-3-1-2-12-23(17)18;;/h4-7,13,15,20H,1-3,8-12H2,(H,22,24);2*1H. The minimum absolute atomic E-state index is 0. The van der Waals surface area contributed by atoms with Gasteiger partial charge in [0.25, 0.3) is 0 Å². The second-order valence-electron chi connectivity index (χ2n) is 6.77. The molecule has 4 rings (SSSR count). The minimum Gasteiger partial charge on any atom is -0.328 e. The minimum atomic E-state index is 0. The summed E-state index contributed by atoms with van der Waals surface area (Å²) < 4.78 is 2.33. The number of benzene rings is 1. The van der Waals surface area contributed by atoms with Crippen LogP contribution in [0.1, 0.15) is 31.4 Å². The quantitative estimate of drug-likeness (QED) is 0.831. The van der Waals surface area contributed by atoms with E-state index < -0.39 is 0 Å². The number of imidazole rings is 1. The van der Waals surface area contributed by atoms with E-state index in [0.717, 1.165) is 56.0 Å². The first-order chi connectivity index (χ1) is 11.8. The largest absolute Gasteiger partial charge is 0.328 e. The van der Waals surface area contributed by atoms with Crippen LogP contribution in [0.2, 0.25) is 0 Å². The molecule has 3 heterocycles. The van der Waals surface area contributed by atoms with Crippen molar-refractivity contribution in [2.24, 2.45) is 5.92 Å². The zero-order valence-corrected chi connectivity index (χ0v) is 16.4. The number of carbonyl (C=O) groups is 1. The molecule has 5 nitrogen and oxygen atoms in total. The summed E-state index contributed by atoms with van der Waals surface area (Å²) in [7, 11) is 0. The third-order valence-corrected chi connectivity index (χ3v) is 5.12. The Morgan fingerprint density at radius 3 is 2.58 bits per heavy atom. The fourth-order valence-corrected chi connectivity index (χ4v) is 3.70. The third-order valence-electron chi connectivity index (χ3n) is 5.12. The van der Waals surface area contributed by atoms with Crippen molar-refractivity contribution in [3.8, 4) is 11.4 Å². The maximum Gasteiger partial charge on any atom is 0.227 e. The van der Waals surface area contributed by atoms with Crippen LogP contribution in [0.15, 0.2) is 30.5 Å². The van der Waals surface area contributed by atoms with Crippen molar-refractivity contribution in [1.29, 1.82) is 0 Å². The molecular formula is C19H26Cl2N4O. The van der Waals surface area contributed by atoms with Gasteiger partial charge in [-0.15, -0.1) is 24.8 Å². The van der Waals surface area contributed by atoms with Crippen molar-refractivity contribution >= 4 is 36.4 Å². The SMILES string of the molecule is Cl.Cl.O=C(Nc1ccc(-c2ncc3n2CCCC3)cc1)C1CCNCC1. The van der Waals surface area contributed by atoms with Crippen LogP contribution in [0.3, 0.4) is 0 Å². The highest BCUT2D eigenvalue weighted by atomic mass is 35.5. The molecule has 1 aromatic heterocycles. The second-order valence-corrected chi connectivity index (χ2v) is 6.77. The first kappa shape index (κ1) is 20.7. The van der Waals surface area contributed by atoms with Crippen molar-refractivity contribution in [3.05, 3.63) is 36.2 Å². The summed E-state index contributed by atoms with van der Waals surface area (Å²) in [4.78, 5) is 16.9. The number of nitrogens with one attached hydrogen (secondary N) is 2. The molecule has 1 amide bonds. The molecule has 7 heteroatoms. The summed E-state index contributed by atoms with van der Waals surface area (Å²) in [6.07, 6.45) is 7.44. The fraction of sp³-hybridized carbons (Fsp3) is 0.474. The van der Waals surface area contributed by atoms with Gasteiger partial charge in [-0.1, -0.05) is 0 Å². The zero-order valence-electron chi connectivity index (χ0n) is 14.7. The first-order valence-corrected chi connectivity index (χ1v) is 8.98. The predicted molar refractivity (Wildman–Crippen MR) is 109 cm³/mol. The van der Waals surface area contributed by atoms with E-state index in [9.17, 15) is 4.79 Å². The summed E-state index contributed by atoms with van der Waals surface area (Å²) in [5.74, 6) is 1.31. The highest BCUT2D eigenvalue weighted by Gasteiger charge is 2.21. The number of hydrogen-bond donors (Lipinski definition) is 2. The fourth-order valence-electron chi connectivity index (χ4n) is 3.70. The van der Waals surface area contributed by atoms with Crippen LogP contribution < -0.4 is 10.6 Å².